The standard InChI is InChI=1S/C11H10O2/c1-2-10(12)6-3-9-4-7-11(13)8-5-9/h2-8,13H,1H2. The van der Waals surface area contributed by atoms with Crippen LogP contribution in [0.4, 0.5) is 0 Å². The Bertz CT molecular complexity index is 334. The molecule has 0 amide bonds. The van der Waals surface area contributed by atoms with Gasteiger partial charge < -0.3 is 5.11 Å². The first-order valence-electron chi connectivity index (χ1n) is 3.86. The number of phenolic OH excluding ortho intramolecular Hbond substituents is 1. The van der Waals surface area contributed by atoms with Gasteiger partial charge in [-0.2, -0.15) is 0 Å². The Hall–Kier alpha value is -1.83. The van der Waals surface area contributed by atoms with Crippen LogP contribution in [0.2, 0.25) is 0 Å². The summed E-state index contributed by atoms with van der Waals surface area (Å²) in [6.45, 7) is 3.35. The molecule has 0 aliphatic heterocycles. The fourth-order valence-corrected chi connectivity index (χ4v) is 0.832. The van der Waals surface area contributed by atoms with E-state index in [2.05, 4.69) is 6.58 Å². The van der Waals surface area contributed by atoms with Crippen molar-refractivity contribution in [3.8, 4) is 5.75 Å². The average Bonchev–Trinajstić information content (AvgIpc) is 2.16. The van der Waals surface area contributed by atoms with Gasteiger partial charge in [-0.25, -0.2) is 0 Å². The quantitative estimate of drug-likeness (QED) is 0.713. The molecule has 2 nitrogen and oxygen atoms in total. The molecule has 0 radical (unpaired) electrons. The number of carbonyl (C=O) groups is 1. The van der Waals surface area contributed by atoms with Gasteiger partial charge in [0, 0.05) is 0 Å². The second-order valence-corrected chi connectivity index (χ2v) is 2.53. The number of hydrogen-bond acceptors (Lipinski definition) is 2. The zero-order chi connectivity index (χ0) is 9.68. The van der Waals surface area contributed by atoms with E-state index in [0.29, 0.717) is 0 Å². The van der Waals surface area contributed by atoms with E-state index >= 15 is 0 Å². The van der Waals surface area contributed by atoms with Gasteiger partial charge in [-0.15, -0.1) is 0 Å². The highest BCUT2D eigenvalue weighted by Crippen LogP contribution is 2.10. The lowest BCUT2D eigenvalue weighted by Gasteiger charge is -1.92. The SMILES string of the molecule is C=CC(=O)C=Cc1ccc(O)cc1. The molecule has 1 aromatic rings. The molecule has 2 heteroatoms. The predicted molar refractivity (Wildman–Crippen MR) is 52.3 cm³/mol. The molecule has 1 rings (SSSR count). The molecule has 0 atom stereocenters. The van der Waals surface area contributed by atoms with Crippen LogP contribution in [0, 0.1) is 0 Å². The summed E-state index contributed by atoms with van der Waals surface area (Å²) in [6.07, 6.45) is 4.35. The summed E-state index contributed by atoms with van der Waals surface area (Å²) in [4.78, 5) is 10.8. The van der Waals surface area contributed by atoms with Crippen molar-refractivity contribution in [3.05, 3.63) is 48.6 Å². The minimum absolute atomic E-state index is 0.131. The first-order chi connectivity index (χ1) is 6.22. The number of rotatable bonds is 3. The van der Waals surface area contributed by atoms with E-state index in [1.54, 1.807) is 30.3 Å². The first-order valence-corrected chi connectivity index (χ1v) is 3.86. The zero-order valence-electron chi connectivity index (χ0n) is 7.10. The second kappa shape index (κ2) is 4.26. The van der Waals surface area contributed by atoms with E-state index < -0.39 is 0 Å². The zero-order valence-corrected chi connectivity index (χ0v) is 7.10. The van der Waals surface area contributed by atoms with Crippen molar-refractivity contribution in [2.75, 3.05) is 0 Å². The van der Waals surface area contributed by atoms with Crippen molar-refractivity contribution >= 4 is 11.9 Å². The van der Waals surface area contributed by atoms with E-state index in [9.17, 15) is 4.79 Å². The molecule has 0 bridgehead atoms. The molecule has 0 spiro atoms. The monoisotopic (exact) mass is 174 g/mol. The van der Waals surface area contributed by atoms with Crippen molar-refractivity contribution in [2.45, 2.75) is 0 Å². The summed E-state index contributed by atoms with van der Waals surface area (Å²) < 4.78 is 0. The largest absolute Gasteiger partial charge is 0.508 e. The number of hydrogen-bond donors (Lipinski definition) is 1. The smallest absolute Gasteiger partial charge is 0.178 e. The Balaban J connectivity index is 2.74. The van der Waals surface area contributed by atoms with Crippen molar-refractivity contribution < 1.29 is 9.90 Å². The Labute approximate surface area is 76.8 Å². The Morgan fingerprint density at radius 2 is 1.92 bits per heavy atom. The minimum Gasteiger partial charge on any atom is -0.508 e. The Morgan fingerprint density at radius 1 is 1.31 bits per heavy atom. The lowest BCUT2D eigenvalue weighted by atomic mass is 10.2. The van der Waals surface area contributed by atoms with Crippen LogP contribution in [0.15, 0.2) is 43.0 Å². The van der Waals surface area contributed by atoms with E-state index in [0.717, 1.165) is 5.56 Å². The predicted octanol–water partition coefficient (Wildman–Crippen LogP) is 2.16. The lowest BCUT2D eigenvalue weighted by molar-refractivity contribution is -0.110. The van der Waals surface area contributed by atoms with Gasteiger partial charge in [0.1, 0.15) is 5.75 Å². The van der Waals surface area contributed by atoms with E-state index in [4.69, 9.17) is 5.11 Å². The van der Waals surface area contributed by atoms with Crippen LogP contribution >= 0.6 is 0 Å². The number of ketones is 1. The summed E-state index contributed by atoms with van der Waals surface area (Å²) in [6, 6.07) is 6.58. The molecule has 13 heavy (non-hydrogen) atoms. The third-order valence-corrected chi connectivity index (χ3v) is 1.53. The fourth-order valence-electron chi connectivity index (χ4n) is 0.832. The number of phenols is 1. The normalized spacial score (nSPS) is 10.2. The second-order valence-electron chi connectivity index (χ2n) is 2.53. The third-order valence-electron chi connectivity index (χ3n) is 1.53. The van der Waals surface area contributed by atoms with Gasteiger partial charge in [0.05, 0.1) is 0 Å². The Kier molecular flexibility index (Phi) is 3.03. The van der Waals surface area contributed by atoms with Crippen molar-refractivity contribution in [3.63, 3.8) is 0 Å². The van der Waals surface area contributed by atoms with Crippen LogP contribution in [0.25, 0.3) is 6.08 Å². The minimum atomic E-state index is -0.131. The van der Waals surface area contributed by atoms with Gasteiger partial charge in [-0.3, -0.25) is 4.79 Å². The first kappa shape index (κ1) is 9.26. The summed E-state index contributed by atoms with van der Waals surface area (Å²) in [5.74, 6) is 0.0836. The molecule has 0 unspecified atom stereocenters. The van der Waals surface area contributed by atoms with E-state index in [1.807, 2.05) is 0 Å². The maximum atomic E-state index is 10.8. The maximum absolute atomic E-state index is 10.8. The lowest BCUT2D eigenvalue weighted by Crippen LogP contribution is -1.82. The topological polar surface area (TPSA) is 37.3 Å². The molecule has 0 aromatic heterocycles. The fraction of sp³-hybridized carbons (Fsp3) is 0. The molecule has 0 aliphatic carbocycles. The summed E-state index contributed by atoms with van der Waals surface area (Å²) in [5, 5.41) is 8.97. The summed E-state index contributed by atoms with van der Waals surface area (Å²) in [7, 11) is 0. The molecule has 1 N–H and O–H groups in total. The van der Waals surface area contributed by atoms with Gasteiger partial charge in [0.2, 0.25) is 0 Å². The van der Waals surface area contributed by atoms with Crippen LogP contribution in [-0.2, 0) is 4.79 Å². The molecule has 0 fully saturated rings. The van der Waals surface area contributed by atoms with Crippen LogP contribution < -0.4 is 0 Å². The maximum Gasteiger partial charge on any atom is 0.178 e. The number of allylic oxidation sites excluding steroid dienone is 2. The number of carbonyl (C=O) groups excluding carboxylic acids is 1. The number of benzene rings is 1. The highest BCUT2D eigenvalue weighted by atomic mass is 16.3. The van der Waals surface area contributed by atoms with Gasteiger partial charge in [-0.05, 0) is 29.8 Å². The number of aromatic hydroxyl groups is 1. The molecule has 66 valence electrons. The van der Waals surface area contributed by atoms with E-state index in [1.165, 1.54) is 12.2 Å². The highest BCUT2D eigenvalue weighted by molar-refractivity contribution is 6.01. The van der Waals surface area contributed by atoms with Crippen LogP contribution in [-0.4, -0.2) is 10.9 Å². The molecular formula is C11H10O2. The molecule has 0 heterocycles. The van der Waals surface area contributed by atoms with Gasteiger partial charge in [-0.1, -0.05) is 24.8 Å². The summed E-state index contributed by atoms with van der Waals surface area (Å²) in [5.41, 5.74) is 0.869. The summed E-state index contributed by atoms with van der Waals surface area (Å²) >= 11 is 0. The van der Waals surface area contributed by atoms with Crippen molar-refractivity contribution in [1.29, 1.82) is 0 Å². The van der Waals surface area contributed by atoms with Gasteiger partial charge in [0.25, 0.3) is 0 Å². The third kappa shape index (κ3) is 2.95. The van der Waals surface area contributed by atoms with Crippen molar-refractivity contribution in [2.24, 2.45) is 0 Å². The molecule has 0 aliphatic rings. The van der Waals surface area contributed by atoms with Crippen LogP contribution in [0.5, 0.6) is 5.75 Å². The molecule has 1 aromatic carbocycles. The molecule has 0 saturated heterocycles. The van der Waals surface area contributed by atoms with Crippen LogP contribution in [0.3, 0.4) is 0 Å². The molecular weight excluding hydrogens is 164 g/mol. The van der Waals surface area contributed by atoms with Gasteiger partial charge in [0.15, 0.2) is 5.78 Å². The Morgan fingerprint density at radius 3 is 2.46 bits per heavy atom. The van der Waals surface area contributed by atoms with E-state index in [-0.39, 0.29) is 11.5 Å². The average molecular weight is 174 g/mol. The van der Waals surface area contributed by atoms with Gasteiger partial charge >= 0.3 is 0 Å². The van der Waals surface area contributed by atoms with Crippen molar-refractivity contribution in [1.82, 2.24) is 0 Å². The molecule has 0 saturated carbocycles. The highest BCUT2D eigenvalue weighted by Gasteiger charge is 1.89. The van der Waals surface area contributed by atoms with Crippen LogP contribution in [0.1, 0.15) is 5.56 Å².